The smallest absolute Gasteiger partial charge is 0.407 e. The molecule has 0 aliphatic carbocycles. The van der Waals surface area contributed by atoms with E-state index in [0.29, 0.717) is 18.4 Å². The second-order valence-electron chi connectivity index (χ2n) is 7.89. The van der Waals surface area contributed by atoms with Crippen molar-refractivity contribution in [3.05, 3.63) is 63.7 Å². The Bertz CT molecular complexity index is 982. The molecule has 0 radical (unpaired) electrons. The fraction of sp³-hybridized carbons (Fsp3) is 0.417. The first-order valence-electron chi connectivity index (χ1n) is 10.9. The second kappa shape index (κ2) is 12.2. The summed E-state index contributed by atoms with van der Waals surface area (Å²) in [4.78, 5) is 36.9. The SMILES string of the molecule is CCc1cc([N+](=O)[O-])c(C(C)COC(=O)NC(C(=O)O)C(C)CC)cc1Sc1ccccc1. The van der Waals surface area contributed by atoms with Gasteiger partial charge < -0.3 is 15.2 Å². The minimum atomic E-state index is -1.14. The van der Waals surface area contributed by atoms with E-state index in [9.17, 15) is 24.8 Å². The van der Waals surface area contributed by atoms with Gasteiger partial charge in [-0.05, 0) is 36.1 Å². The third kappa shape index (κ3) is 7.21. The van der Waals surface area contributed by atoms with Crippen LogP contribution in [0.3, 0.4) is 0 Å². The van der Waals surface area contributed by atoms with Crippen molar-refractivity contribution in [2.75, 3.05) is 6.61 Å². The van der Waals surface area contributed by atoms with Gasteiger partial charge in [-0.1, -0.05) is 64.1 Å². The lowest BCUT2D eigenvalue weighted by Gasteiger charge is -2.21. The Balaban J connectivity index is 2.22. The number of nitrogens with zero attached hydrogens (tertiary/aromatic N) is 1. The molecule has 0 aliphatic heterocycles. The number of benzene rings is 2. The molecule has 33 heavy (non-hydrogen) atoms. The molecule has 2 aromatic carbocycles. The Kier molecular flexibility index (Phi) is 9.72. The highest BCUT2D eigenvalue weighted by Crippen LogP contribution is 2.37. The summed E-state index contributed by atoms with van der Waals surface area (Å²) in [5.74, 6) is -1.88. The summed E-state index contributed by atoms with van der Waals surface area (Å²) in [6, 6.07) is 12.0. The number of alkyl carbamates (subject to hydrolysis) is 1. The topological polar surface area (TPSA) is 119 Å². The predicted octanol–water partition coefficient (Wildman–Crippen LogP) is 5.64. The number of hydrogen-bond donors (Lipinski definition) is 2. The Morgan fingerprint density at radius 2 is 1.85 bits per heavy atom. The summed E-state index contributed by atoms with van der Waals surface area (Å²) < 4.78 is 5.24. The zero-order chi connectivity index (χ0) is 24.5. The number of nitro benzene ring substituents is 1. The Hall–Kier alpha value is -3.07. The number of aliphatic carboxylic acids is 1. The fourth-order valence-corrected chi connectivity index (χ4v) is 4.38. The lowest BCUT2D eigenvalue weighted by Crippen LogP contribution is -2.45. The largest absolute Gasteiger partial charge is 0.480 e. The van der Waals surface area contributed by atoms with E-state index < -0.39 is 28.9 Å². The zero-order valence-electron chi connectivity index (χ0n) is 19.2. The van der Waals surface area contributed by atoms with Gasteiger partial charge in [0.05, 0.1) is 4.92 Å². The summed E-state index contributed by atoms with van der Waals surface area (Å²) in [5, 5.41) is 23.4. The standard InChI is InChI=1S/C24H30N2O6S/c1-5-15(3)22(23(27)28)25-24(29)32-14-16(4)19-13-21(33-18-10-8-7-9-11-18)17(6-2)12-20(19)26(30)31/h7-13,15-16,22H,5-6,14H2,1-4H3,(H,25,29)(H,27,28). The van der Waals surface area contributed by atoms with Crippen LogP contribution >= 0.6 is 11.8 Å². The molecule has 178 valence electrons. The van der Waals surface area contributed by atoms with E-state index in [1.165, 1.54) is 11.8 Å². The third-order valence-electron chi connectivity index (χ3n) is 5.51. The molecule has 0 bridgehead atoms. The van der Waals surface area contributed by atoms with Gasteiger partial charge in [0.25, 0.3) is 5.69 Å². The number of aryl methyl sites for hydroxylation is 1. The van der Waals surface area contributed by atoms with E-state index >= 15 is 0 Å². The Morgan fingerprint density at radius 3 is 2.39 bits per heavy atom. The van der Waals surface area contributed by atoms with E-state index in [0.717, 1.165) is 15.4 Å². The van der Waals surface area contributed by atoms with Crippen molar-refractivity contribution in [3.8, 4) is 0 Å². The number of carboxylic acids is 1. The predicted molar refractivity (Wildman–Crippen MR) is 127 cm³/mol. The average molecular weight is 475 g/mol. The summed E-state index contributed by atoms with van der Waals surface area (Å²) in [6.07, 6.45) is 0.350. The number of amides is 1. The van der Waals surface area contributed by atoms with Crippen LogP contribution in [0.25, 0.3) is 0 Å². The van der Waals surface area contributed by atoms with Crippen molar-refractivity contribution in [2.24, 2.45) is 5.92 Å². The van der Waals surface area contributed by atoms with Crippen LogP contribution in [-0.2, 0) is 16.0 Å². The van der Waals surface area contributed by atoms with Crippen LogP contribution in [0.15, 0.2) is 52.3 Å². The number of carboxylic acid groups (broad SMARTS) is 1. The quantitative estimate of drug-likeness (QED) is 0.320. The molecule has 1 amide bonds. The molecular formula is C24H30N2O6S. The first-order valence-corrected chi connectivity index (χ1v) is 11.7. The maximum absolute atomic E-state index is 12.2. The van der Waals surface area contributed by atoms with E-state index in [1.54, 1.807) is 26.0 Å². The number of ether oxygens (including phenoxy) is 1. The minimum Gasteiger partial charge on any atom is -0.480 e. The van der Waals surface area contributed by atoms with Crippen LogP contribution in [0.1, 0.15) is 51.2 Å². The maximum atomic E-state index is 12.2. The lowest BCUT2D eigenvalue weighted by atomic mass is 9.97. The first kappa shape index (κ1) is 26.2. The number of carbonyl (C=O) groups excluding carboxylic acids is 1. The van der Waals surface area contributed by atoms with Gasteiger partial charge in [-0.15, -0.1) is 0 Å². The van der Waals surface area contributed by atoms with E-state index in [-0.39, 0.29) is 18.2 Å². The fourth-order valence-electron chi connectivity index (χ4n) is 3.31. The monoisotopic (exact) mass is 474 g/mol. The van der Waals surface area contributed by atoms with Gasteiger partial charge >= 0.3 is 12.1 Å². The van der Waals surface area contributed by atoms with Crippen LogP contribution < -0.4 is 5.32 Å². The molecule has 0 heterocycles. The summed E-state index contributed by atoms with van der Waals surface area (Å²) in [5.41, 5.74) is 1.30. The Morgan fingerprint density at radius 1 is 1.18 bits per heavy atom. The number of nitro groups is 1. The Labute approximate surface area is 197 Å². The summed E-state index contributed by atoms with van der Waals surface area (Å²) in [6.45, 7) is 7.12. The van der Waals surface area contributed by atoms with E-state index in [4.69, 9.17) is 4.74 Å². The van der Waals surface area contributed by atoms with Crippen LogP contribution in [0, 0.1) is 16.0 Å². The van der Waals surface area contributed by atoms with Crippen molar-refractivity contribution >= 4 is 29.5 Å². The highest BCUT2D eigenvalue weighted by atomic mass is 32.2. The highest BCUT2D eigenvalue weighted by molar-refractivity contribution is 7.99. The van der Waals surface area contributed by atoms with Gasteiger partial charge in [-0.3, -0.25) is 10.1 Å². The summed E-state index contributed by atoms with van der Waals surface area (Å²) in [7, 11) is 0. The molecule has 0 aromatic heterocycles. The van der Waals surface area contributed by atoms with Crippen molar-refractivity contribution in [1.82, 2.24) is 5.32 Å². The van der Waals surface area contributed by atoms with Crippen molar-refractivity contribution in [1.29, 1.82) is 0 Å². The van der Waals surface area contributed by atoms with E-state index in [1.807, 2.05) is 44.2 Å². The molecule has 0 saturated carbocycles. The molecule has 2 rings (SSSR count). The first-order chi connectivity index (χ1) is 15.7. The molecule has 0 aliphatic rings. The van der Waals surface area contributed by atoms with Gasteiger partial charge in [-0.2, -0.15) is 0 Å². The van der Waals surface area contributed by atoms with Gasteiger partial charge in [0.2, 0.25) is 0 Å². The highest BCUT2D eigenvalue weighted by Gasteiger charge is 2.27. The molecule has 8 nitrogen and oxygen atoms in total. The van der Waals surface area contributed by atoms with Crippen LogP contribution in [0.2, 0.25) is 0 Å². The lowest BCUT2D eigenvalue weighted by molar-refractivity contribution is -0.385. The number of carbonyl (C=O) groups is 2. The molecule has 0 spiro atoms. The number of hydrogen-bond acceptors (Lipinski definition) is 6. The molecule has 2 aromatic rings. The van der Waals surface area contributed by atoms with Crippen LogP contribution in [0.4, 0.5) is 10.5 Å². The number of rotatable bonds is 11. The molecule has 0 fully saturated rings. The van der Waals surface area contributed by atoms with Gasteiger partial charge in [0.1, 0.15) is 12.6 Å². The van der Waals surface area contributed by atoms with Gasteiger partial charge in [-0.25, -0.2) is 9.59 Å². The molecule has 3 atom stereocenters. The summed E-state index contributed by atoms with van der Waals surface area (Å²) >= 11 is 1.52. The van der Waals surface area contributed by atoms with Crippen LogP contribution in [0.5, 0.6) is 0 Å². The van der Waals surface area contributed by atoms with Gasteiger partial charge in [0.15, 0.2) is 0 Å². The molecule has 3 unspecified atom stereocenters. The van der Waals surface area contributed by atoms with Crippen LogP contribution in [-0.4, -0.2) is 34.7 Å². The molecule has 9 heteroatoms. The van der Waals surface area contributed by atoms with Crippen molar-refractivity contribution in [3.63, 3.8) is 0 Å². The normalized spacial score (nSPS) is 13.6. The average Bonchev–Trinajstić information content (AvgIpc) is 2.80. The van der Waals surface area contributed by atoms with Gasteiger partial charge in [0, 0.05) is 27.3 Å². The zero-order valence-corrected chi connectivity index (χ0v) is 20.1. The third-order valence-corrected chi connectivity index (χ3v) is 6.61. The maximum Gasteiger partial charge on any atom is 0.407 e. The van der Waals surface area contributed by atoms with Crippen molar-refractivity contribution in [2.45, 2.75) is 62.3 Å². The molecular weight excluding hydrogens is 444 g/mol. The van der Waals surface area contributed by atoms with Crippen molar-refractivity contribution < 1.29 is 24.4 Å². The molecule has 0 saturated heterocycles. The number of nitrogens with one attached hydrogen (secondary N) is 1. The van der Waals surface area contributed by atoms with E-state index in [2.05, 4.69) is 5.32 Å². The molecule has 2 N–H and O–H groups in total. The second-order valence-corrected chi connectivity index (χ2v) is 9.01. The minimum absolute atomic E-state index is 0.0243.